The number of aryl methyl sites for hydroxylation is 1. The maximum atomic E-state index is 12.1. The lowest BCUT2D eigenvalue weighted by Gasteiger charge is -2.21. The van der Waals surface area contributed by atoms with E-state index in [0.29, 0.717) is 18.2 Å². The highest BCUT2D eigenvalue weighted by Gasteiger charge is 2.29. The summed E-state index contributed by atoms with van der Waals surface area (Å²) in [4.78, 5) is 24.5. The predicted molar refractivity (Wildman–Crippen MR) is 72.5 cm³/mol. The Labute approximate surface area is 119 Å². The predicted octanol–water partition coefficient (Wildman–Crippen LogP) is 1.29. The molecule has 1 aliphatic heterocycles. The van der Waals surface area contributed by atoms with E-state index in [1.54, 1.807) is 0 Å². The summed E-state index contributed by atoms with van der Waals surface area (Å²) in [6.45, 7) is 1.07. The summed E-state index contributed by atoms with van der Waals surface area (Å²) in [7, 11) is 0. The number of carboxylic acid groups (broad SMARTS) is 1. The van der Waals surface area contributed by atoms with Crippen LogP contribution in [0.3, 0.4) is 0 Å². The van der Waals surface area contributed by atoms with Crippen molar-refractivity contribution in [2.75, 3.05) is 25.1 Å². The van der Waals surface area contributed by atoms with Gasteiger partial charge in [-0.15, -0.1) is 11.3 Å². The third-order valence-corrected chi connectivity index (χ3v) is 4.69. The monoisotopic (exact) mass is 297 g/mol. The second-order valence-electron chi connectivity index (χ2n) is 4.79. The summed E-state index contributed by atoms with van der Waals surface area (Å²) in [6, 6.07) is 0. The summed E-state index contributed by atoms with van der Waals surface area (Å²) in [5.41, 5.74) is 1.12. The third kappa shape index (κ3) is 2.44. The smallest absolute Gasteiger partial charge is 0.339 e. The van der Waals surface area contributed by atoms with Crippen LogP contribution in [0.15, 0.2) is 0 Å². The summed E-state index contributed by atoms with van der Waals surface area (Å²) in [5.74, 6) is -1.33. The second-order valence-corrected chi connectivity index (χ2v) is 5.90. The van der Waals surface area contributed by atoms with E-state index in [4.69, 9.17) is 9.47 Å². The number of rotatable bonds is 3. The average Bonchev–Trinajstić information content (AvgIpc) is 2.99. The van der Waals surface area contributed by atoms with Crippen molar-refractivity contribution in [3.8, 4) is 0 Å². The van der Waals surface area contributed by atoms with Crippen LogP contribution in [-0.4, -0.2) is 42.9 Å². The molecule has 1 aliphatic carbocycles. The Morgan fingerprint density at radius 3 is 2.85 bits per heavy atom. The number of amides is 1. The number of hydrogen-bond donors (Lipinski definition) is 2. The first-order valence-electron chi connectivity index (χ1n) is 6.55. The molecule has 1 amide bonds. The first-order chi connectivity index (χ1) is 9.66. The fourth-order valence-corrected chi connectivity index (χ4v) is 3.83. The van der Waals surface area contributed by atoms with Crippen LogP contribution in [0.5, 0.6) is 0 Å². The van der Waals surface area contributed by atoms with Gasteiger partial charge in [-0.2, -0.15) is 0 Å². The minimum atomic E-state index is -0.986. The highest BCUT2D eigenvalue weighted by atomic mass is 32.1. The number of thiophene rings is 1. The van der Waals surface area contributed by atoms with Gasteiger partial charge >= 0.3 is 5.97 Å². The SMILES string of the molecule is O=C(O)c1c(NC(=O)C2COCCO2)sc2c1CCC2. The van der Waals surface area contributed by atoms with Gasteiger partial charge in [0.05, 0.1) is 25.4 Å². The van der Waals surface area contributed by atoms with Crippen molar-refractivity contribution in [2.24, 2.45) is 0 Å². The van der Waals surface area contributed by atoms with Crippen molar-refractivity contribution in [2.45, 2.75) is 25.4 Å². The largest absolute Gasteiger partial charge is 0.478 e. The lowest BCUT2D eigenvalue weighted by Crippen LogP contribution is -2.39. The standard InChI is InChI=1S/C13H15NO5S/c15-11(8-6-18-4-5-19-8)14-12-10(13(16)17)7-2-1-3-9(7)20-12/h8H,1-6H2,(H,14,15)(H,16,17). The molecule has 7 heteroatoms. The van der Waals surface area contributed by atoms with E-state index in [9.17, 15) is 14.7 Å². The Bertz CT molecular complexity index is 547. The number of ether oxygens (including phenoxy) is 2. The topological polar surface area (TPSA) is 84.9 Å². The summed E-state index contributed by atoms with van der Waals surface area (Å²) in [6.07, 6.45) is 1.98. The molecule has 1 aromatic rings. The van der Waals surface area contributed by atoms with Crippen LogP contribution in [0.25, 0.3) is 0 Å². The zero-order valence-corrected chi connectivity index (χ0v) is 11.6. The molecule has 2 N–H and O–H groups in total. The molecular weight excluding hydrogens is 282 g/mol. The van der Waals surface area contributed by atoms with Gasteiger partial charge in [-0.05, 0) is 24.8 Å². The van der Waals surface area contributed by atoms with E-state index < -0.39 is 12.1 Å². The zero-order valence-electron chi connectivity index (χ0n) is 10.8. The Hall–Kier alpha value is -1.44. The van der Waals surface area contributed by atoms with Crippen LogP contribution >= 0.6 is 11.3 Å². The van der Waals surface area contributed by atoms with Crippen LogP contribution in [-0.2, 0) is 27.1 Å². The molecule has 1 unspecified atom stereocenters. The molecule has 0 saturated carbocycles. The van der Waals surface area contributed by atoms with E-state index in [0.717, 1.165) is 29.7 Å². The van der Waals surface area contributed by atoms with E-state index in [2.05, 4.69) is 5.32 Å². The number of aromatic carboxylic acids is 1. The molecule has 2 aliphatic rings. The van der Waals surface area contributed by atoms with Crippen LogP contribution in [0.2, 0.25) is 0 Å². The Morgan fingerprint density at radius 1 is 1.30 bits per heavy atom. The van der Waals surface area contributed by atoms with Crippen molar-refractivity contribution in [1.29, 1.82) is 0 Å². The Morgan fingerprint density at radius 2 is 2.15 bits per heavy atom. The molecule has 0 spiro atoms. The van der Waals surface area contributed by atoms with Crippen molar-refractivity contribution >= 4 is 28.2 Å². The molecule has 6 nitrogen and oxygen atoms in total. The van der Waals surface area contributed by atoms with Crippen LogP contribution in [0.4, 0.5) is 5.00 Å². The first kappa shape index (κ1) is 13.5. The molecule has 0 radical (unpaired) electrons. The van der Waals surface area contributed by atoms with Crippen LogP contribution < -0.4 is 5.32 Å². The minimum Gasteiger partial charge on any atom is -0.478 e. The molecule has 1 aromatic heterocycles. The number of fused-ring (bicyclic) bond motifs is 1. The van der Waals surface area contributed by atoms with E-state index >= 15 is 0 Å². The fraction of sp³-hybridized carbons (Fsp3) is 0.538. The lowest BCUT2D eigenvalue weighted by molar-refractivity contribution is -0.142. The Kier molecular flexibility index (Phi) is 3.73. The molecule has 0 bridgehead atoms. The van der Waals surface area contributed by atoms with Crippen LogP contribution in [0.1, 0.15) is 27.2 Å². The van der Waals surface area contributed by atoms with Crippen molar-refractivity contribution in [1.82, 2.24) is 0 Å². The third-order valence-electron chi connectivity index (χ3n) is 3.48. The maximum absolute atomic E-state index is 12.1. The van der Waals surface area contributed by atoms with Crippen molar-refractivity contribution in [3.63, 3.8) is 0 Å². The lowest BCUT2D eigenvalue weighted by atomic mass is 10.1. The highest BCUT2D eigenvalue weighted by molar-refractivity contribution is 7.17. The molecule has 1 fully saturated rings. The van der Waals surface area contributed by atoms with Crippen LogP contribution in [0, 0.1) is 0 Å². The molecule has 1 atom stereocenters. The molecular formula is C13H15NO5S. The average molecular weight is 297 g/mol. The molecule has 1 saturated heterocycles. The van der Waals surface area contributed by atoms with E-state index in [-0.39, 0.29) is 18.1 Å². The minimum absolute atomic E-state index is 0.208. The normalized spacial score (nSPS) is 21.5. The van der Waals surface area contributed by atoms with Crippen molar-refractivity contribution < 1.29 is 24.2 Å². The van der Waals surface area contributed by atoms with Gasteiger partial charge in [-0.25, -0.2) is 4.79 Å². The summed E-state index contributed by atoms with van der Waals surface area (Å²) >= 11 is 1.36. The summed E-state index contributed by atoms with van der Waals surface area (Å²) in [5, 5.41) is 12.4. The van der Waals surface area contributed by atoms with Gasteiger partial charge in [-0.3, -0.25) is 4.79 Å². The molecule has 2 heterocycles. The number of anilines is 1. The molecule has 20 heavy (non-hydrogen) atoms. The van der Waals surface area contributed by atoms with Gasteiger partial charge < -0.3 is 19.9 Å². The molecule has 108 valence electrons. The fourth-order valence-electron chi connectivity index (χ4n) is 2.55. The van der Waals surface area contributed by atoms with Gasteiger partial charge in [0, 0.05) is 4.88 Å². The van der Waals surface area contributed by atoms with E-state index in [1.807, 2.05) is 0 Å². The number of carbonyl (C=O) groups is 2. The quantitative estimate of drug-likeness (QED) is 0.878. The van der Waals surface area contributed by atoms with Gasteiger partial charge in [0.25, 0.3) is 5.91 Å². The number of carbonyl (C=O) groups excluding carboxylic acids is 1. The molecule has 3 rings (SSSR count). The van der Waals surface area contributed by atoms with Gasteiger partial charge in [0.1, 0.15) is 5.00 Å². The van der Waals surface area contributed by atoms with Gasteiger partial charge in [-0.1, -0.05) is 0 Å². The first-order valence-corrected chi connectivity index (χ1v) is 7.36. The maximum Gasteiger partial charge on any atom is 0.339 e. The number of hydrogen-bond acceptors (Lipinski definition) is 5. The van der Waals surface area contributed by atoms with Gasteiger partial charge in [0.2, 0.25) is 0 Å². The Balaban J connectivity index is 1.80. The summed E-state index contributed by atoms with van der Waals surface area (Å²) < 4.78 is 10.5. The second kappa shape index (κ2) is 5.51. The van der Waals surface area contributed by atoms with Crippen molar-refractivity contribution in [3.05, 3.63) is 16.0 Å². The number of nitrogens with one attached hydrogen (secondary N) is 1. The van der Waals surface area contributed by atoms with E-state index in [1.165, 1.54) is 11.3 Å². The zero-order chi connectivity index (χ0) is 14.1. The molecule has 0 aromatic carbocycles. The number of carboxylic acids is 1. The van der Waals surface area contributed by atoms with Gasteiger partial charge in [0.15, 0.2) is 6.10 Å². The highest BCUT2D eigenvalue weighted by Crippen LogP contribution is 2.39.